The van der Waals surface area contributed by atoms with Gasteiger partial charge in [-0.15, -0.1) is 0 Å². The first-order valence-corrected chi connectivity index (χ1v) is 5.00. The minimum Gasteiger partial charge on any atom is -0.467 e. The van der Waals surface area contributed by atoms with Crippen LogP contribution >= 0.6 is 11.6 Å². The average Bonchev–Trinajstić information content (AvgIpc) is 2.21. The molecule has 1 aromatic heterocycles. The first-order valence-electron chi connectivity index (χ1n) is 4.62. The Kier molecular flexibility index (Phi) is 4.03. The molecule has 0 radical (unpaired) electrons. The molecule has 0 aliphatic carbocycles. The highest BCUT2D eigenvalue weighted by Gasteiger charge is 2.13. The second-order valence-corrected chi connectivity index (χ2v) is 3.86. The van der Waals surface area contributed by atoms with E-state index in [4.69, 9.17) is 16.3 Å². The number of ketones is 1. The predicted molar refractivity (Wildman–Crippen MR) is 57.1 cm³/mol. The molecule has 0 aromatic carbocycles. The molecule has 4 nitrogen and oxygen atoms in total. The molecule has 0 bridgehead atoms. The summed E-state index contributed by atoms with van der Waals surface area (Å²) >= 11 is 5.87. The van der Waals surface area contributed by atoms with E-state index in [1.165, 1.54) is 13.3 Å². The summed E-state index contributed by atoms with van der Waals surface area (Å²) in [4.78, 5) is 19.4. The van der Waals surface area contributed by atoms with Crippen LogP contribution < -0.4 is 4.74 Å². The summed E-state index contributed by atoms with van der Waals surface area (Å²) in [7, 11) is 1.47. The van der Waals surface area contributed by atoms with E-state index in [2.05, 4.69) is 9.97 Å². The molecule has 0 N–H and O–H groups in total. The van der Waals surface area contributed by atoms with Crippen LogP contribution in [0.2, 0.25) is 5.02 Å². The number of rotatable bonds is 4. The van der Waals surface area contributed by atoms with Gasteiger partial charge in [0, 0.05) is 5.92 Å². The normalized spacial score (nSPS) is 10.5. The molecule has 0 aliphatic rings. The summed E-state index contributed by atoms with van der Waals surface area (Å²) < 4.78 is 4.86. The second-order valence-electron chi connectivity index (χ2n) is 3.45. The van der Waals surface area contributed by atoms with Crippen LogP contribution in [-0.4, -0.2) is 22.9 Å². The number of hydrogen-bond donors (Lipinski definition) is 0. The summed E-state index contributed by atoms with van der Waals surface area (Å²) in [6, 6.07) is 0.228. The highest BCUT2D eigenvalue weighted by Crippen LogP contribution is 2.16. The zero-order valence-corrected chi connectivity index (χ0v) is 9.71. The number of carbonyl (C=O) groups is 1. The quantitative estimate of drug-likeness (QED) is 0.790. The van der Waals surface area contributed by atoms with Gasteiger partial charge in [0.25, 0.3) is 0 Å². The fourth-order valence-corrected chi connectivity index (χ4v) is 1.13. The van der Waals surface area contributed by atoms with E-state index in [9.17, 15) is 4.79 Å². The summed E-state index contributed by atoms with van der Waals surface area (Å²) in [6.07, 6.45) is 1.66. The molecule has 1 rings (SSSR count). The van der Waals surface area contributed by atoms with Crippen molar-refractivity contribution in [1.82, 2.24) is 9.97 Å². The molecule has 1 heterocycles. The SMILES string of the molecule is COc1ncc(Cl)c(CC(=O)C(C)C)n1. The summed E-state index contributed by atoms with van der Waals surface area (Å²) in [5.41, 5.74) is 0.516. The number of aromatic nitrogens is 2. The minimum absolute atomic E-state index is 0.0259. The molecule has 0 unspecified atom stereocenters. The molecule has 0 amide bonds. The molecule has 5 heteroatoms. The molecule has 0 saturated heterocycles. The van der Waals surface area contributed by atoms with Crippen LogP contribution in [0.25, 0.3) is 0 Å². The third-order valence-electron chi connectivity index (χ3n) is 1.96. The van der Waals surface area contributed by atoms with Crippen LogP contribution in [0.5, 0.6) is 6.01 Å². The van der Waals surface area contributed by atoms with Gasteiger partial charge in [-0.3, -0.25) is 4.79 Å². The number of Topliss-reactive ketones (excluding diaryl/α,β-unsaturated/α-hetero) is 1. The molecular formula is C10H13ClN2O2. The van der Waals surface area contributed by atoms with Gasteiger partial charge in [-0.1, -0.05) is 25.4 Å². The molecule has 15 heavy (non-hydrogen) atoms. The van der Waals surface area contributed by atoms with Crippen molar-refractivity contribution in [2.75, 3.05) is 7.11 Å². The lowest BCUT2D eigenvalue weighted by molar-refractivity contribution is -0.121. The highest BCUT2D eigenvalue weighted by atomic mass is 35.5. The van der Waals surface area contributed by atoms with Crippen molar-refractivity contribution in [1.29, 1.82) is 0 Å². The van der Waals surface area contributed by atoms with E-state index in [0.717, 1.165) is 0 Å². The van der Waals surface area contributed by atoms with Crippen molar-refractivity contribution in [3.8, 4) is 6.01 Å². The topological polar surface area (TPSA) is 52.1 Å². The smallest absolute Gasteiger partial charge is 0.316 e. The number of carbonyl (C=O) groups excluding carboxylic acids is 1. The predicted octanol–water partition coefficient (Wildman–Crippen LogP) is 1.91. The van der Waals surface area contributed by atoms with E-state index in [0.29, 0.717) is 10.7 Å². The maximum Gasteiger partial charge on any atom is 0.316 e. The number of ether oxygens (including phenoxy) is 1. The van der Waals surface area contributed by atoms with Crippen molar-refractivity contribution in [2.24, 2.45) is 5.92 Å². The van der Waals surface area contributed by atoms with Gasteiger partial charge < -0.3 is 4.74 Å². The molecule has 0 aliphatic heterocycles. The molecule has 0 saturated carbocycles. The minimum atomic E-state index is -0.0259. The first kappa shape index (κ1) is 11.9. The van der Waals surface area contributed by atoms with E-state index in [1.807, 2.05) is 13.8 Å². The Morgan fingerprint density at radius 3 is 2.80 bits per heavy atom. The zero-order valence-electron chi connectivity index (χ0n) is 8.95. The molecule has 0 fully saturated rings. The molecule has 1 aromatic rings. The van der Waals surface area contributed by atoms with Crippen molar-refractivity contribution in [2.45, 2.75) is 20.3 Å². The summed E-state index contributed by atoms with van der Waals surface area (Å²) in [5, 5.41) is 0.393. The van der Waals surface area contributed by atoms with Gasteiger partial charge >= 0.3 is 6.01 Å². The monoisotopic (exact) mass is 228 g/mol. The van der Waals surface area contributed by atoms with Gasteiger partial charge in [-0.25, -0.2) is 4.98 Å². The molecular weight excluding hydrogens is 216 g/mol. The van der Waals surface area contributed by atoms with E-state index in [-0.39, 0.29) is 24.1 Å². The fourth-order valence-electron chi connectivity index (χ4n) is 0.976. The summed E-state index contributed by atoms with van der Waals surface area (Å²) in [5.74, 6) is 0.0691. The van der Waals surface area contributed by atoms with Crippen molar-refractivity contribution in [3.05, 3.63) is 16.9 Å². The molecule has 0 spiro atoms. The molecule has 82 valence electrons. The van der Waals surface area contributed by atoms with Gasteiger partial charge in [0.1, 0.15) is 5.78 Å². The lowest BCUT2D eigenvalue weighted by Crippen LogP contribution is -2.12. The Labute approximate surface area is 93.6 Å². The Bertz CT molecular complexity index is 366. The number of methoxy groups -OCH3 is 1. The third kappa shape index (κ3) is 3.16. The standard InChI is InChI=1S/C10H13ClN2O2/c1-6(2)9(14)4-8-7(11)5-12-10(13-8)15-3/h5-6H,4H2,1-3H3. The van der Waals surface area contributed by atoms with E-state index < -0.39 is 0 Å². The van der Waals surface area contributed by atoms with Crippen LogP contribution in [-0.2, 0) is 11.2 Å². The van der Waals surface area contributed by atoms with Gasteiger partial charge in [-0.2, -0.15) is 4.98 Å². The molecule has 0 atom stereocenters. The van der Waals surface area contributed by atoms with Crippen molar-refractivity contribution >= 4 is 17.4 Å². The Morgan fingerprint density at radius 1 is 1.60 bits per heavy atom. The lowest BCUT2D eigenvalue weighted by Gasteiger charge is -2.06. The van der Waals surface area contributed by atoms with Gasteiger partial charge in [-0.05, 0) is 0 Å². The Morgan fingerprint density at radius 2 is 2.27 bits per heavy atom. The van der Waals surface area contributed by atoms with Crippen LogP contribution in [0.3, 0.4) is 0 Å². The second kappa shape index (κ2) is 5.07. The average molecular weight is 229 g/mol. The van der Waals surface area contributed by atoms with Gasteiger partial charge in [0.05, 0.1) is 30.4 Å². The maximum absolute atomic E-state index is 11.5. The van der Waals surface area contributed by atoms with E-state index in [1.54, 1.807) is 0 Å². The third-order valence-corrected chi connectivity index (χ3v) is 2.28. The van der Waals surface area contributed by atoms with Crippen molar-refractivity contribution < 1.29 is 9.53 Å². The highest BCUT2D eigenvalue weighted by molar-refractivity contribution is 6.31. The first-order chi connectivity index (χ1) is 7.04. The zero-order chi connectivity index (χ0) is 11.4. The van der Waals surface area contributed by atoms with Gasteiger partial charge in [0.15, 0.2) is 0 Å². The van der Waals surface area contributed by atoms with Crippen molar-refractivity contribution in [3.63, 3.8) is 0 Å². The van der Waals surface area contributed by atoms with Crippen LogP contribution in [0.15, 0.2) is 6.20 Å². The van der Waals surface area contributed by atoms with Gasteiger partial charge in [0.2, 0.25) is 0 Å². The Hall–Kier alpha value is -1.16. The largest absolute Gasteiger partial charge is 0.467 e. The number of nitrogens with zero attached hydrogens (tertiary/aromatic N) is 2. The number of hydrogen-bond acceptors (Lipinski definition) is 4. The number of halogens is 1. The van der Waals surface area contributed by atoms with Crippen LogP contribution in [0.1, 0.15) is 19.5 Å². The van der Waals surface area contributed by atoms with E-state index >= 15 is 0 Å². The lowest BCUT2D eigenvalue weighted by atomic mass is 10.0. The van der Waals surface area contributed by atoms with Crippen LogP contribution in [0.4, 0.5) is 0 Å². The fraction of sp³-hybridized carbons (Fsp3) is 0.500. The van der Waals surface area contributed by atoms with Crippen LogP contribution in [0, 0.1) is 5.92 Å². The Balaban J connectivity index is 2.88. The maximum atomic E-state index is 11.5. The summed E-state index contributed by atoms with van der Waals surface area (Å²) in [6.45, 7) is 3.68.